The minimum Gasteiger partial charge on any atom is -0.507 e. The lowest BCUT2D eigenvalue weighted by atomic mass is 10.0. The molecular formula is C12H8F2O. The molecule has 0 bridgehead atoms. The Kier molecular flexibility index (Phi) is 2.37. The third-order valence-corrected chi connectivity index (χ3v) is 2.12. The van der Waals surface area contributed by atoms with Crippen molar-refractivity contribution in [2.75, 3.05) is 0 Å². The molecular weight excluding hydrogens is 198 g/mol. The highest BCUT2D eigenvalue weighted by Crippen LogP contribution is 2.30. The molecule has 0 amide bonds. The van der Waals surface area contributed by atoms with Gasteiger partial charge < -0.3 is 5.11 Å². The van der Waals surface area contributed by atoms with E-state index in [2.05, 4.69) is 0 Å². The second kappa shape index (κ2) is 3.69. The van der Waals surface area contributed by atoms with Gasteiger partial charge >= 0.3 is 0 Å². The van der Waals surface area contributed by atoms with Crippen LogP contribution in [0.3, 0.4) is 0 Å². The van der Waals surface area contributed by atoms with Gasteiger partial charge in [-0.1, -0.05) is 18.2 Å². The summed E-state index contributed by atoms with van der Waals surface area (Å²) in [7, 11) is 0. The van der Waals surface area contributed by atoms with Crippen molar-refractivity contribution in [3.05, 3.63) is 54.1 Å². The maximum atomic E-state index is 13.4. The van der Waals surface area contributed by atoms with Crippen LogP contribution in [0.5, 0.6) is 5.75 Å². The van der Waals surface area contributed by atoms with E-state index in [4.69, 9.17) is 0 Å². The highest BCUT2D eigenvalue weighted by Gasteiger charge is 2.09. The van der Waals surface area contributed by atoms with E-state index < -0.39 is 11.6 Å². The molecule has 0 atom stereocenters. The number of benzene rings is 2. The fourth-order valence-corrected chi connectivity index (χ4v) is 1.41. The summed E-state index contributed by atoms with van der Waals surface area (Å²) in [4.78, 5) is 0. The number of phenols is 1. The lowest BCUT2D eigenvalue weighted by Crippen LogP contribution is -1.86. The standard InChI is InChI=1S/C12H8F2O/c13-8-5-6-11(14)10(7-8)9-3-1-2-4-12(9)15/h1-7,15H. The quantitative estimate of drug-likeness (QED) is 0.758. The Morgan fingerprint density at radius 3 is 2.33 bits per heavy atom. The van der Waals surface area contributed by atoms with Crippen molar-refractivity contribution in [2.45, 2.75) is 0 Å². The van der Waals surface area contributed by atoms with E-state index in [1.165, 1.54) is 12.1 Å². The van der Waals surface area contributed by atoms with Crippen LogP contribution in [0.4, 0.5) is 8.78 Å². The molecule has 0 fully saturated rings. The molecule has 2 aromatic carbocycles. The number of hydrogen-bond acceptors (Lipinski definition) is 1. The number of para-hydroxylation sites is 1. The minimum absolute atomic E-state index is 0.0631. The first-order valence-electron chi connectivity index (χ1n) is 4.42. The van der Waals surface area contributed by atoms with Crippen LogP contribution in [-0.4, -0.2) is 5.11 Å². The Balaban J connectivity index is 2.64. The van der Waals surface area contributed by atoms with Crippen molar-refractivity contribution >= 4 is 0 Å². The normalized spacial score (nSPS) is 10.3. The number of hydrogen-bond donors (Lipinski definition) is 1. The van der Waals surface area contributed by atoms with Crippen LogP contribution in [0.1, 0.15) is 0 Å². The number of phenolic OH excluding ortho intramolecular Hbond substituents is 1. The summed E-state index contributed by atoms with van der Waals surface area (Å²) in [6.45, 7) is 0. The van der Waals surface area contributed by atoms with Crippen molar-refractivity contribution in [1.29, 1.82) is 0 Å². The third kappa shape index (κ3) is 1.81. The third-order valence-electron chi connectivity index (χ3n) is 2.12. The van der Waals surface area contributed by atoms with Crippen LogP contribution in [0.25, 0.3) is 11.1 Å². The molecule has 0 aliphatic heterocycles. The van der Waals surface area contributed by atoms with Gasteiger partial charge in [0.2, 0.25) is 0 Å². The summed E-state index contributed by atoms with van der Waals surface area (Å²) < 4.78 is 26.3. The van der Waals surface area contributed by atoms with Gasteiger partial charge in [-0.3, -0.25) is 0 Å². The zero-order valence-electron chi connectivity index (χ0n) is 7.74. The average Bonchev–Trinajstić information content (AvgIpc) is 2.23. The summed E-state index contributed by atoms with van der Waals surface area (Å²) in [6.07, 6.45) is 0. The van der Waals surface area contributed by atoms with Crippen LogP contribution >= 0.6 is 0 Å². The summed E-state index contributed by atoms with van der Waals surface area (Å²) in [5.41, 5.74) is 0.350. The van der Waals surface area contributed by atoms with Gasteiger partial charge in [-0.25, -0.2) is 8.78 Å². The SMILES string of the molecule is Oc1ccccc1-c1cc(F)ccc1F. The molecule has 2 aromatic rings. The fraction of sp³-hybridized carbons (Fsp3) is 0. The molecule has 0 unspecified atom stereocenters. The van der Waals surface area contributed by atoms with Gasteiger partial charge in [0.25, 0.3) is 0 Å². The molecule has 76 valence electrons. The molecule has 1 N–H and O–H groups in total. The highest BCUT2D eigenvalue weighted by atomic mass is 19.1. The Labute approximate surface area is 85.6 Å². The zero-order valence-corrected chi connectivity index (χ0v) is 7.74. The van der Waals surface area contributed by atoms with Gasteiger partial charge in [0.1, 0.15) is 17.4 Å². The molecule has 0 saturated heterocycles. The van der Waals surface area contributed by atoms with Gasteiger partial charge in [-0.2, -0.15) is 0 Å². The van der Waals surface area contributed by atoms with Crippen molar-refractivity contribution in [2.24, 2.45) is 0 Å². The molecule has 0 saturated carbocycles. The van der Waals surface area contributed by atoms with Crippen LogP contribution in [-0.2, 0) is 0 Å². The van der Waals surface area contributed by atoms with Crippen molar-refractivity contribution in [3.8, 4) is 16.9 Å². The van der Waals surface area contributed by atoms with E-state index in [0.717, 1.165) is 18.2 Å². The largest absolute Gasteiger partial charge is 0.507 e. The van der Waals surface area contributed by atoms with Crippen LogP contribution in [0.2, 0.25) is 0 Å². The van der Waals surface area contributed by atoms with E-state index >= 15 is 0 Å². The molecule has 0 radical (unpaired) electrons. The average molecular weight is 206 g/mol. The Bertz CT molecular complexity index is 495. The second-order valence-corrected chi connectivity index (χ2v) is 3.14. The van der Waals surface area contributed by atoms with Gasteiger partial charge in [-0.05, 0) is 24.3 Å². The molecule has 15 heavy (non-hydrogen) atoms. The molecule has 1 nitrogen and oxygen atoms in total. The minimum atomic E-state index is -0.557. The monoisotopic (exact) mass is 206 g/mol. The fourth-order valence-electron chi connectivity index (χ4n) is 1.41. The number of aromatic hydroxyl groups is 1. The molecule has 0 heterocycles. The van der Waals surface area contributed by atoms with E-state index in [1.54, 1.807) is 12.1 Å². The number of halogens is 2. The molecule has 0 aliphatic carbocycles. The van der Waals surface area contributed by atoms with E-state index in [-0.39, 0.29) is 16.9 Å². The Morgan fingerprint density at radius 2 is 1.60 bits per heavy atom. The first-order chi connectivity index (χ1) is 7.18. The molecule has 0 aliphatic rings. The van der Waals surface area contributed by atoms with Crippen molar-refractivity contribution in [3.63, 3.8) is 0 Å². The first kappa shape index (κ1) is 9.65. The summed E-state index contributed by atoms with van der Waals surface area (Å²) in [5.74, 6) is -1.16. The second-order valence-electron chi connectivity index (χ2n) is 3.14. The molecule has 0 spiro atoms. The summed E-state index contributed by atoms with van der Waals surface area (Å²) in [5, 5.41) is 9.49. The lowest BCUT2D eigenvalue weighted by molar-refractivity contribution is 0.476. The van der Waals surface area contributed by atoms with Gasteiger partial charge in [0.05, 0.1) is 0 Å². The van der Waals surface area contributed by atoms with Crippen molar-refractivity contribution < 1.29 is 13.9 Å². The number of rotatable bonds is 1. The smallest absolute Gasteiger partial charge is 0.131 e. The van der Waals surface area contributed by atoms with Gasteiger partial charge in [0.15, 0.2) is 0 Å². The maximum absolute atomic E-state index is 13.4. The van der Waals surface area contributed by atoms with Gasteiger partial charge in [-0.15, -0.1) is 0 Å². The Morgan fingerprint density at radius 1 is 0.867 bits per heavy atom. The summed E-state index contributed by atoms with van der Waals surface area (Å²) in [6, 6.07) is 9.38. The maximum Gasteiger partial charge on any atom is 0.131 e. The predicted octanol–water partition coefficient (Wildman–Crippen LogP) is 3.34. The lowest BCUT2D eigenvalue weighted by Gasteiger charge is -2.05. The van der Waals surface area contributed by atoms with Crippen LogP contribution < -0.4 is 0 Å². The van der Waals surface area contributed by atoms with E-state index in [0.29, 0.717) is 0 Å². The van der Waals surface area contributed by atoms with E-state index in [9.17, 15) is 13.9 Å². The topological polar surface area (TPSA) is 20.2 Å². The van der Waals surface area contributed by atoms with Crippen LogP contribution in [0, 0.1) is 11.6 Å². The van der Waals surface area contributed by atoms with Crippen LogP contribution in [0.15, 0.2) is 42.5 Å². The first-order valence-corrected chi connectivity index (χ1v) is 4.42. The van der Waals surface area contributed by atoms with Crippen molar-refractivity contribution in [1.82, 2.24) is 0 Å². The zero-order chi connectivity index (χ0) is 10.8. The Hall–Kier alpha value is -1.90. The molecule has 2 rings (SSSR count). The van der Waals surface area contributed by atoms with Gasteiger partial charge in [0, 0.05) is 11.1 Å². The highest BCUT2D eigenvalue weighted by molar-refractivity contribution is 5.70. The summed E-state index contributed by atoms with van der Waals surface area (Å²) >= 11 is 0. The predicted molar refractivity (Wildman–Crippen MR) is 53.5 cm³/mol. The molecule has 3 heteroatoms. The van der Waals surface area contributed by atoms with E-state index in [1.807, 2.05) is 0 Å². The molecule has 0 aromatic heterocycles.